The second-order valence-corrected chi connectivity index (χ2v) is 3.81. The first-order valence-corrected chi connectivity index (χ1v) is 4.95. The van der Waals surface area contributed by atoms with Crippen molar-refractivity contribution in [3.63, 3.8) is 0 Å². The highest BCUT2D eigenvalue weighted by atomic mass is 16.7. The molecule has 0 atom stereocenters. The Hall–Kier alpha value is -1.26. The normalized spacial score (nSPS) is 10.9. The van der Waals surface area contributed by atoms with E-state index >= 15 is 0 Å². The summed E-state index contributed by atoms with van der Waals surface area (Å²) in [6.07, 6.45) is 0.241. The molecule has 0 aromatic carbocycles. The number of rotatable bonds is 6. The lowest BCUT2D eigenvalue weighted by Gasteiger charge is -2.22. The van der Waals surface area contributed by atoms with Gasteiger partial charge in [0.2, 0.25) is 0 Å². The summed E-state index contributed by atoms with van der Waals surface area (Å²) in [4.78, 5) is 21.2. The van der Waals surface area contributed by atoms with Crippen molar-refractivity contribution in [2.24, 2.45) is 0 Å². The number of carbonyl (C=O) groups excluding carboxylic acids is 1. The number of hydrogen-bond donors (Lipinski definition) is 1. The predicted molar refractivity (Wildman–Crippen MR) is 53.7 cm³/mol. The highest BCUT2D eigenvalue weighted by Crippen LogP contribution is 2.14. The van der Waals surface area contributed by atoms with Crippen LogP contribution < -0.4 is 0 Å². The van der Waals surface area contributed by atoms with Gasteiger partial charge in [0.25, 0.3) is 0 Å². The van der Waals surface area contributed by atoms with Crippen LogP contribution in [0.5, 0.6) is 0 Å². The maximum absolute atomic E-state index is 11.1. The number of carbonyl (C=O) groups is 2. The van der Waals surface area contributed by atoms with E-state index in [0.717, 1.165) is 0 Å². The van der Waals surface area contributed by atoms with Crippen LogP contribution in [0.4, 0.5) is 4.79 Å². The van der Waals surface area contributed by atoms with Crippen molar-refractivity contribution in [3.05, 3.63) is 0 Å². The lowest BCUT2D eigenvalue weighted by atomic mass is 10.1. The average molecular weight is 218 g/mol. The van der Waals surface area contributed by atoms with E-state index in [1.54, 1.807) is 13.8 Å². The second kappa shape index (κ2) is 6.27. The maximum atomic E-state index is 11.1. The van der Waals surface area contributed by atoms with Crippen molar-refractivity contribution in [2.45, 2.75) is 45.6 Å². The summed E-state index contributed by atoms with van der Waals surface area (Å²) in [6.45, 7) is 5.54. The van der Waals surface area contributed by atoms with E-state index in [4.69, 9.17) is 14.6 Å². The molecule has 0 aromatic rings. The van der Waals surface area contributed by atoms with Gasteiger partial charge < -0.3 is 14.6 Å². The molecular formula is C10H18O5. The van der Waals surface area contributed by atoms with Gasteiger partial charge in [0.05, 0.1) is 6.61 Å². The van der Waals surface area contributed by atoms with E-state index in [-0.39, 0.29) is 13.0 Å². The van der Waals surface area contributed by atoms with Gasteiger partial charge >= 0.3 is 12.1 Å². The van der Waals surface area contributed by atoms with Gasteiger partial charge in [-0.3, -0.25) is 4.79 Å². The summed E-state index contributed by atoms with van der Waals surface area (Å²) < 4.78 is 9.69. The lowest BCUT2D eigenvalue weighted by Crippen LogP contribution is -2.27. The van der Waals surface area contributed by atoms with Crippen LogP contribution in [0.15, 0.2) is 0 Å². The SMILES string of the molecule is CCC(C)(C)OC(=O)OCCCC(=O)O. The molecule has 0 heterocycles. The molecule has 1 N–H and O–H groups in total. The van der Waals surface area contributed by atoms with E-state index in [9.17, 15) is 9.59 Å². The van der Waals surface area contributed by atoms with Crippen molar-refractivity contribution in [1.82, 2.24) is 0 Å². The Bertz CT molecular complexity index is 222. The molecule has 0 aliphatic heterocycles. The number of aliphatic carboxylic acids is 1. The first-order valence-electron chi connectivity index (χ1n) is 4.95. The van der Waals surface area contributed by atoms with Crippen LogP contribution in [0.3, 0.4) is 0 Å². The second-order valence-electron chi connectivity index (χ2n) is 3.81. The third-order valence-corrected chi connectivity index (χ3v) is 1.97. The average Bonchev–Trinajstić information content (AvgIpc) is 2.11. The zero-order chi connectivity index (χ0) is 11.9. The van der Waals surface area contributed by atoms with Crippen LogP contribution in [0.2, 0.25) is 0 Å². The quantitative estimate of drug-likeness (QED) is 0.546. The largest absolute Gasteiger partial charge is 0.508 e. The van der Waals surface area contributed by atoms with E-state index in [1.807, 2.05) is 6.92 Å². The zero-order valence-corrected chi connectivity index (χ0v) is 9.41. The van der Waals surface area contributed by atoms with E-state index in [1.165, 1.54) is 0 Å². The Balaban J connectivity index is 3.62. The van der Waals surface area contributed by atoms with Crippen molar-refractivity contribution >= 4 is 12.1 Å². The molecule has 0 saturated carbocycles. The molecule has 5 heteroatoms. The molecule has 0 radical (unpaired) electrons. The molecule has 0 saturated heterocycles. The summed E-state index contributed by atoms with van der Waals surface area (Å²) in [7, 11) is 0. The molecule has 0 fully saturated rings. The van der Waals surface area contributed by atoms with Crippen LogP contribution in [0, 0.1) is 0 Å². The third-order valence-electron chi connectivity index (χ3n) is 1.97. The van der Waals surface area contributed by atoms with Gasteiger partial charge in [-0.05, 0) is 26.7 Å². The van der Waals surface area contributed by atoms with Crippen molar-refractivity contribution in [3.8, 4) is 0 Å². The van der Waals surface area contributed by atoms with Crippen molar-refractivity contribution in [1.29, 1.82) is 0 Å². The fraction of sp³-hybridized carbons (Fsp3) is 0.800. The highest BCUT2D eigenvalue weighted by Gasteiger charge is 2.21. The van der Waals surface area contributed by atoms with E-state index < -0.39 is 17.7 Å². The molecule has 15 heavy (non-hydrogen) atoms. The molecular weight excluding hydrogens is 200 g/mol. The molecule has 0 aliphatic carbocycles. The Labute approximate surface area is 89.4 Å². The van der Waals surface area contributed by atoms with Crippen molar-refractivity contribution < 1.29 is 24.2 Å². The number of hydrogen-bond acceptors (Lipinski definition) is 4. The lowest BCUT2D eigenvalue weighted by molar-refractivity contribution is -0.137. The molecule has 5 nitrogen and oxygen atoms in total. The van der Waals surface area contributed by atoms with Crippen LogP contribution in [-0.4, -0.2) is 29.4 Å². The Morgan fingerprint density at radius 2 is 1.93 bits per heavy atom. The first kappa shape index (κ1) is 13.7. The standard InChI is InChI=1S/C10H18O5/c1-4-10(2,3)15-9(13)14-7-5-6-8(11)12/h4-7H2,1-3H3,(H,11,12). The maximum Gasteiger partial charge on any atom is 0.508 e. The van der Waals surface area contributed by atoms with Crippen LogP contribution in [0.1, 0.15) is 40.0 Å². The molecule has 0 rings (SSSR count). The number of ether oxygens (including phenoxy) is 2. The van der Waals surface area contributed by atoms with Gasteiger partial charge in [-0.15, -0.1) is 0 Å². The number of carboxylic acids is 1. The van der Waals surface area contributed by atoms with Crippen LogP contribution in [0.25, 0.3) is 0 Å². The van der Waals surface area contributed by atoms with Gasteiger partial charge in [0, 0.05) is 6.42 Å². The Morgan fingerprint density at radius 1 is 1.33 bits per heavy atom. The van der Waals surface area contributed by atoms with Gasteiger partial charge in [0.1, 0.15) is 5.60 Å². The summed E-state index contributed by atoms with van der Waals surface area (Å²) in [5, 5.41) is 8.33. The van der Waals surface area contributed by atoms with Crippen molar-refractivity contribution in [2.75, 3.05) is 6.61 Å². The van der Waals surface area contributed by atoms with Gasteiger partial charge in [-0.1, -0.05) is 6.92 Å². The zero-order valence-electron chi connectivity index (χ0n) is 9.41. The van der Waals surface area contributed by atoms with Gasteiger partial charge in [-0.2, -0.15) is 0 Å². The summed E-state index contributed by atoms with van der Waals surface area (Å²) in [5.41, 5.74) is -0.538. The molecule has 88 valence electrons. The third kappa shape index (κ3) is 7.78. The van der Waals surface area contributed by atoms with Gasteiger partial charge in [-0.25, -0.2) is 4.79 Å². The molecule has 0 amide bonds. The monoisotopic (exact) mass is 218 g/mol. The topological polar surface area (TPSA) is 72.8 Å². The first-order chi connectivity index (χ1) is 6.87. The minimum atomic E-state index is -0.902. The fourth-order valence-electron chi connectivity index (χ4n) is 0.706. The van der Waals surface area contributed by atoms with E-state index in [0.29, 0.717) is 12.8 Å². The highest BCUT2D eigenvalue weighted by molar-refractivity contribution is 5.66. The summed E-state index contributed by atoms with van der Waals surface area (Å²) >= 11 is 0. The minimum Gasteiger partial charge on any atom is -0.481 e. The predicted octanol–water partition coefficient (Wildman–Crippen LogP) is 2.19. The molecule has 0 unspecified atom stereocenters. The Morgan fingerprint density at radius 3 is 2.40 bits per heavy atom. The molecule has 0 spiro atoms. The Kier molecular flexibility index (Phi) is 5.74. The smallest absolute Gasteiger partial charge is 0.481 e. The van der Waals surface area contributed by atoms with Crippen LogP contribution >= 0.6 is 0 Å². The fourth-order valence-corrected chi connectivity index (χ4v) is 0.706. The van der Waals surface area contributed by atoms with Gasteiger partial charge in [0.15, 0.2) is 0 Å². The van der Waals surface area contributed by atoms with E-state index in [2.05, 4.69) is 0 Å². The number of carboxylic acid groups (broad SMARTS) is 1. The molecule has 0 aromatic heterocycles. The summed E-state index contributed by atoms with van der Waals surface area (Å²) in [6, 6.07) is 0. The van der Waals surface area contributed by atoms with Crippen LogP contribution in [-0.2, 0) is 14.3 Å². The summed E-state index contributed by atoms with van der Waals surface area (Å²) in [5.74, 6) is -0.902. The minimum absolute atomic E-state index is 0.00947. The molecule has 0 aliphatic rings. The molecule has 0 bridgehead atoms.